The molecule has 0 aliphatic carbocycles. The number of carbonyl (C=O) groups is 1. The van der Waals surface area contributed by atoms with Gasteiger partial charge >= 0.3 is 0 Å². The summed E-state index contributed by atoms with van der Waals surface area (Å²) in [5.41, 5.74) is 0. The van der Waals surface area contributed by atoms with Crippen LogP contribution in [0.5, 0.6) is 0 Å². The van der Waals surface area contributed by atoms with Crippen LogP contribution in [0.2, 0.25) is 0 Å². The van der Waals surface area contributed by atoms with Gasteiger partial charge in [-0.3, -0.25) is 4.79 Å². The fourth-order valence-corrected chi connectivity index (χ4v) is 4.41. The second-order valence-electron chi connectivity index (χ2n) is 5.91. The zero-order chi connectivity index (χ0) is 12.7. The highest BCUT2D eigenvalue weighted by Gasteiger charge is 2.46. The first-order chi connectivity index (χ1) is 8.70. The van der Waals surface area contributed by atoms with Gasteiger partial charge in [-0.2, -0.15) is 0 Å². The first kappa shape index (κ1) is 12.7. The van der Waals surface area contributed by atoms with Crippen molar-refractivity contribution in [3.63, 3.8) is 0 Å². The minimum absolute atomic E-state index is 0.102. The molecule has 0 saturated carbocycles. The van der Waals surface area contributed by atoms with E-state index < -0.39 is 0 Å². The molecule has 0 aromatic carbocycles. The number of piperidine rings is 1. The topological polar surface area (TPSA) is 29.5 Å². The number of ether oxygens (including phenoxy) is 1. The summed E-state index contributed by atoms with van der Waals surface area (Å²) in [6.07, 6.45) is 6.23. The molecule has 2 bridgehead atoms. The summed E-state index contributed by atoms with van der Waals surface area (Å²) in [6.45, 7) is 2.85. The maximum absolute atomic E-state index is 12.7. The van der Waals surface area contributed by atoms with Gasteiger partial charge in [0.25, 0.3) is 0 Å². The molecule has 4 atom stereocenters. The third-order valence-corrected chi connectivity index (χ3v) is 5.22. The zero-order valence-electron chi connectivity index (χ0n) is 11.0. The Morgan fingerprint density at radius 1 is 1.28 bits per heavy atom. The number of halogens is 1. The van der Waals surface area contributed by atoms with Crippen molar-refractivity contribution in [1.29, 1.82) is 0 Å². The van der Waals surface area contributed by atoms with Crippen molar-refractivity contribution < 1.29 is 9.53 Å². The molecule has 0 aromatic rings. The molecule has 0 spiro atoms. The summed E-state index contributed by atoms with van der Waals surface area (Å²) < 4.78 is 5.67. The van der Waals surface area contributed by atoms with Gasteiger partial charge in [-0.25, -0.2) is 0 Å². The normalized spacial score (nSPS) is 43.4. The Bertz CT molecular complexity index is 322. The van der Waals surface area contributed by atoms with E-state index in [9.17, 15) is 4.79 Å². The van der Waals surface area contributed by atoms with Crippen molar-refractivity contribution in [2.75, 3.05) is 6.61 Å². The second-order valence-corrected chi connectivity index (χ2v) is 6.53. The van der Waals surface area contributed by atoms with Gasteiger partial charge in [0.15, 0.2) is 0 Å². The van der Waals surface area contributed by atoms with Crippen LogP contribution in [0, 0.1) is 5.92 Å². The van der Waals surface area contributed by atoms with Crippen LogP contribution in [-0.4, -0.2) is 41.0 Å². The molecule has 3 aliphatic heterocycles. The Balaban J connectivity index is 1.73. The highest BCUT2D eigenvalue weighted by atomic mass is 35.5. The van der Waals surface area contributed by atoms with Gasteiger partial charge in [0.05, 0.1) is 12.0 Å². The van der Waals surface area contributed by atoms with Crippen LogP contribution >= 0.6 is 11.6 Å². The van der Waals surface area contributed by atoms with Gasteiger partial charge in [0.2, 0.25) is 5.91 Å². The fourth-order valence-electron chi connectivity index (χ4n) is 4.00. The van der Waals surface area contributed by atoms with Crippen LogP contribution < -0.4 is 0 Å². The van der Waals surface area contributed by atoms with Crippen LogP contribution in [0.3, 0.4) is 0 Å². The molecule has 3 heterocycles. The highest BCUT2D eigenvalue weighted by Crippen LogP contribution is 2.40. The minimum Gasteiger partial charge on any atom is -0.377 e. The summed E-state index contributed by atoms with van der Waals surface area (Å²) in [6, 6.07) is 0.800. The highest BCUT2D eigenvalue weighted by molar-refractivity contribution is 6.20. The maximum atomic E-state index is 12.7. The Kier molecular flexibility index (Phi) is 3.55. The van der Waals surface area contributed by atoms with Crippen LogP contribution in [-0.2, 0) is 9.53 Å². The summed E-state index contributed by atoms with van der Waals surface area (Å²) in [4.78, 5) is 14.9. The average Bonchev–Trinajstić information content (AvgIpc) is 2.92. The van der Waals surface area contributed by atoms with Crippen LogP contribution in [0.15, 0.2) is 0 Å². The molecule has 0 aromatic heterocycles. The molecular weight excluding hydrogens is 250 g/mol. The fraction of sp³-hybridized carbons (Fsp3) is 0.929. The van der Waals surface area contributed by atoms with Gasteiger partial charge in [0, 0.05) is 24.1 Å². The van der Waals surface area contributed by atoms with Gasteiger partial charge in [-0.1, -0.05) is 6.92 Å². The number of nitrogens with zero attached hydrogens (tertiary/aromatic N) is 1. The van der Waals surface area contributed by atoms with E-state index in [2.05, 4.69) is 11.8 Å². The zero-order valence-corrected chi connectivity index (χ0v) is 11.7. The lowest BCUT2D eigenvalue weighted by Gasteiger charge is -2.39. The molecule has 102 valence electrons. The summed E-state index contributed by atoms with van der Waals surface area (Å²) >= 11 is 6.27. The van der Waals surface area contributed by atoms with Gasteiger partial charge in [-0.15, -0.1) is 11.6 Å². The average molecular weight is 272 g/mol. The second kappa shape index (κ2) is 5.01. The molecule has 18 heavy (non-hydrogen) atoms. The molecule has 1 amide bonds. The molecular formula is C14H22ClNO2. The van der Waals surface area contributed by atoms with Crippen molar-refractivity contribution in [2.24, 2.45) is 5.92 Å². The van der Waals surface area contributed by atoms with E-state index in [1.807, 2.05) is 0 Å². The Hall–Kier alpha value is -0.280. The van der Waals surface area contributed by atoms with Crippen LogP contribution in [0.25, 0.3) is 0 Å². The number of rotatable bonds is 2. The SMILES string of the molecule is CCC1OCCC1C(=O)N1C2CCC1CC(Cl)C2. The lowest BCUT2D eigenvalue weighted by Crippen LogP contribution is -2.50. The van der Waals surface area contributed by atoms with Gasteiger partial charge in [-0.05, 0) is 38.5 Å². The van der Waals surface area contributed by atoms with E-state index in [-0.39, 0.29) is 17.4 Å². The first-order valence-electron chi connectivity index (χ1n) is 7.28. The quantitative estimate of drug-likeness (QED) is 0.723. The third kappa shape index (κ3) is 2.05. The Morgan fingerprint density at radius 3 is 2.56 bits per heavy atom. The van der Waals surface area contributed by atoms with Crippen molar-refractivity contribution >= 4 is 17.5 Å². The van der Waals surface area contributed by atoms with Crippen molar-refractivity contribution in [1.82, 2.24) is 4.90 Å². The largest absolute Gasteiger partial charge is 0.377 e. The van der Waals surface area contributed by atoms with E-state index in [4.69, 9.17) is 16.3 Å². The van der Waals surface area contributed by atoms with Gasteiger partial charge in [0.1, 0.15) is 0 Å². The molecule has 3 aliphatic rings. The molecule has 3 saturated heterocycles. The van der Waals surface area contributed by atoms with E-state index in [0.717, 1.165) is 45.1 Å². The third-order valence-electron chi connectivity index (χ3n) is 4.86. The van der Waals surface area contributed by atoms with E-state index in [0.29, 0.717) is 18.0 Å². The Labute approximate surface area is 114 Å². The van der Waals surface area contributed by atoms with E-state index in [1.165, 1.54) is 0 Å². The predicted molar refractivity (Wildman–Crippen MR) is 70.7 cm³/mol. The molecule has 4 unspecified atom stereocenters. The molecule has 4 heteroatoms. The van der Waals surface area contributed by atoms with Crippen LogP contribution in [0.1, 0.15) is 45.4 Å². The minimum atomic E-state index is 0.102. The van der Waals surface area contributed by atoms with E-state index in [1.54, 1.807) is 0 Å². The van der Waals surface area contributed by atoms with Crippen molar-refractivity contribution in [2.45, 2.75) is 69.0 Å². The molecule has 0 N–H and O–H groups in total. The lowest BCUT2D eigenvalue weighted by molar-refractivity contribution is -0.141. The van der Waals surface area contributed by atoms with Crippen molar-refractivity contribution in [3.8, 4) is 0 Å². The molecule has 3 rings (SSSR count). The van der Waals surface area contributed by atoms with Crippen LogP contribution in [0.4, 0.5) is 0 Å². The van der Waals surface area contributed by atoms with Crippen molar-refractivity contribution in [3.05, 3.63) is 0 Å². The van der Waals surface area contributed by atoms with Gasteiger partial charge < -0.3 is 9.64 Å². The lowest BCUT2D eigenvalue weighted by atomic mass is 9.94. The molecule has 3 nitrogen and oxygen atoms in total. The summed E-state index contributed by atoms with van der Waals surface area (Å²) in [7, 11) is 0. The number of fused-ring (bicyclic) bond motifs is 2. The molecule has 0 radical (unpaired) electrons. The predicted octanol–water partition coefficient (Wildman–Crippen LogP) is 2.56. The number of hydrogen-bond donors (Lipinski definition) is 0. The Morgan fingerprint density at radius 2 is 1.94 bits per heavy atom. The number of carbonyl (C=O) groups excluding carboxylic acids is 1. The standard InChI is InChI=1S/C14H22ClNO2/c1-2-13-12(5-6-18-13)14(17)16-10-3-4-11(16)8-9(15)7-10/h9-13H,2-8H2,1H3. The molecule has 3 fully saturated rings. The monoisotopic (exact) mass is 271 g/mol. The number of amides is 1. The number of hydrogen-bond acceptors (Lipinski definition) is 2. The maximum Gasteiger partial charge on any atom is 0.228 e. The number of alkyl halides is 1. The van der Waals surface area contributed by atoms with E-state index >= 15 is 0 Å². The summed E-state index contributed by atoms with van der Waals surface area (Å²) in [5.74, 6) is 0.445. The first-order valence-corrected chi connectivity index (χ1v) is 7.72. The smallest absolute Gasteiger partial charge is 0.228 e. The summed E-state index contributed by atoms with van der Waals surface area (Å²) in [5, 5.41) is 0.272.